The van der Waals surface area contributed by atoms with Crippen LogP contribution < -0.4 is 14.8 Å². The number of likely N-dealkylation sites (tertiary alicyclic amines) is 1. The van der Waals surface area contributed by atoms with E-state index in [2.05, 4.69) is 20.3 Å². The number of piperidine rings is 1. The number of aromatic nitrogens is 2. The van der Waals surface area contributed by atoms with E-state index in [0.29, 0.717) is 48.2 Å². The van der Waals surface area contributed by atoms with Crippen LogP contribution in [0, 0.1) is 0 Å². The first kappa shape index (κ1) is 26.5. The molecule has 2 saturated heterocycles. The van der Waals surface area contributed by atoms with Gasteiger partial charge in [-0.05, 0) is 77.9 Å². The summed E-state index contributed by atoms with van der Waals surface area (Å²) in [6.45, 7) is 10.2. The SMILES string of the molecule is CCOc1ncccc1-c1ccc(OC2CCNCC2)c(C(=O)N=C2CCN(C(=O)OC(C)(C)C)C2)n1. The van der Waals surface area contributed by atoms with Gasteiger partial charge in [-0.2, -0.15) is 0 Å². The molecule has 4 heterocycles. The highest BCUT2D eigenvalue weighted by molar-refractivity contribution is 6.06. The van der Waals surface area contributed by atoms with Crippen LogP contribution in [-0.4, -0.2) is 77.1 Å². The summed E-state index contributed by atoms with van der Waals surface area (Å²) in [7, 11) is 0. The summed E-state index contributed by atoms with van der Waals surface area (Å²) in [5.74, 6) is 0.334. The fourth-order valence-electron chi connectivity index (χ4n) is 4.19. The van der Waals surface area contributed by atoms with Crippen LogP contribution in [0.1, 0.15) is 57.4 Å². The van der Waals surface area contributed by atoms with Crippen LogP contribution in [-0.2, 0) is 4.74 Å². The van der Waals surface area contributed by atoms with Gasteiger partial charge in [-0.25, -0.2) is 19.8 Å². The minimum Gasteiger partial charge on any atom is -0.488 e. The normalized spacial score (nSPS) is 17.6. The number of carbonyl (C=O) groups is 2. The van der Waals surface area contributed by atoms with Crippen molar-refractivity contribution in [3.63, 3.8) is 0 Å². The zero-order valence-electron chi connectivity index (χ0n) is 22.0. The van der Waals surface area contributed by atoms with Gasteiger partial charge in [-0.3, -0.25) is 4.79 Å². The molecule has 0 unspecified atom stereocenters. The number of pyridine rings is 2. The topological polar surface area (TPSA) is 115 Å². The van der Waals surface area contributed by atoms with Gasteiger partial charge in [0.15, 0.2) is 11.4 Å². The van der Waals surface area contributed by atoms with Gasteiger partial charge in [0, 0.05) is 24.9 Å². The van der Waals surface area contributed by atoms with Crippen molar-refractivity contribution in [1.29, 1.82) is 0 Å². The molecule has 2 aromatic rings. The van der Waals surface area contributed by atoms with E-state index < -0.39 is 17.6 Å². The summed E-state index contributed by atoms with van der Waals surface area (Å²) in [6.07, 6.45) is 3.39. The van der Waals surface area contributed by atoms with Gasteiger partial charge in [0.1, 0.15) is 11.7 Å². The lowest BCUT2D eigenvalue weighted by molar-refractivity contribution is 0.0302. The Bertz CT molecular complexity index is 1150. The zero-order chi connectivity index (χ0) is 26.4. The number of amides is 2. The Morgan fingerprint density at radius 2 is 1.97 bits per heavy atom. The summed E-state index contributed by atoms with van der Waals surface area (Å²) in [5.41, 5.74) is 1.36. The standard InChI is InChI=1S/C27H35N5O5/c1-5-35-25-20(7-6-13-29-25)21-8-9-22(36-19-10-14-28-15-11-19)23(31-21)24(33)30-18-12-16-32(17-18)26(34)37-27(2,3)4/h6-9,13,19,28H,5,10-12,14-17H2,1-4H3. The second kappa shape index (κ2) is 11.7. The summed E-state index contributed by atoms with van der Waals surface area (Å²) < 4.78 is 17.4. The molecule has 2 fully saturated rings. The molecule has 2 aliphatic rings. The largest absolute Gasteiger partial charge is 0.488 e. The molecule has 4 rings (SSSR count). The number of rotatable bonds is 6. The lowest BCUT2D eigenvalue weighted by Gasteiger charge is -2.24. The smallest absolute Gasteiger partial charge is 0.410 e. The van der Waals surface area contributed by atoms with E-state index >= 15 is 0 Å². The molecule has 2 aliphatic heterocycles. The van der Waals surface area contributed by atoms with Crippen LogP contribution in [0.4, 0.5) is 4.79 Å². The molecular formula is C27H35N5O5. The molecule has 0 aromatic carbocycles. The minimum absolute atomic E-state index is 0.0142. The van der Waals surface area contributed by atoms with Crippen molar-refractivity contribution in [2.24, 2.45) is 4.99 Å². The molecule has 0 saturated carbocycles. The van der Waals surface area contributed by atoms with Crippen molar-refractivity contribution < 1.29 is 23.8 Å². The van der Waals surface area contributed by atoms with E-state index in [1.54, 1.807) is 29.3 Å². The summed E-state index contributed by atoms with van der Waals surface area (Å²) in [4.78, 5) is 40.8. The third-order valence-corrected chi connectivity index (χ3v) is 5.92. The van der Waals surface area contributed by atoms with Gasteiger partial charge in [0.2, 0.25) is 5.88 Å². The molecule has 0 radical (unpaired) electrons. The minimum atomic E-state index is -0.593. The third kappa shape index (κ3) is 7.03. The second-order valence-electron chi connectivity index (χ2n) is 10.0. The third-order valence-electron chi connectivity index (χ3n) is 5.92. The van der Waals surface area contributed by atoms with Crippen molar-refractivity contribution >= 4 is 17.7 Å². The van der Waals surface area contributed by atoms with E-state index in [1.807, 2.05) is 33.8 Å². The number of hydrogen-bond acceptors (Lipinski definition) is 8. The van der Waals surface area contributed by atoms with E-state index in [4.69, 9.17) is 14.2 Å². The molecule has 1 N–H and O–H groups in total. The molecule has 10 nitrogen and oxygen atoms in total. The highest BCUT2D eigenvalue weighted by Gasteiger charge is 2.29. The van der Waals surface area contributed by atoms with Gasteiger partial charge >= 0.3 is 6.09 Å². The first-order chi connectivity index (χ1) is 17.7. The number of hydrogen-bond donors (Lipinski definition) is 1. The van der Waals surface area contributed by atoms with Gasteiger partial charge in [0.25, 0.3) is 5.91 Å². The maximum Gasteiger partial charge on any atom is 0.410 e. The monoisotopic (exact) mass is 509 g/mol. The van der Waals surface area contributed by atoms with Crippen LogP contribution in [0.5, 0.6) is 11.6 Å². The quantitative estimate of drug-likeness (QED) is 0.624. The van der Waals surface area contributed by atoms with Crippen LogP contribution >= 0.6 is 0 Å². The molecule has 198 valence electrons. The molecule has 2 aromatic heterocycles. The first-order valence-electron chi connectivity index (χ1n) is 12.8. The maximum absolute atomic E-state index is 13.4. The van der Waals surface area contributed by atoms with Crippen molar-refractivity contribution in [2.45, 2.75) is 58.7 Å². The summed E-state index contributed by atoms with van der Waals surface area (Å²) >= 11 is 0. The molecule has 2 amide bonds. The fourth-order valence-corrected chi connectivity index (χ4v) is 4.19. The number of carbonyl (C=O) groups excluding carboxylic acids is 2. The van der Waals surface area contributed by atoms with Gasteiger partial charge in [-0.1, -0.05) is 0 Å². The van der Waals surface area contributed by atoms with E-state index in [-0.39, 0.29) is 18.3 Å². The van der Waals surface area contributed by atoms with Crippen LogP contribution in [0.25, 0.3) is 11.3 Å². The average molecular weight is 510 g/mol. The van der Waals surface area contributed by atoms with Gasteiger partial charge in [-0.15, -0.1) is 0 Å². The van der Waals surface area contributed by atoms with E-state index in [9.17, 15) is 9.59 Å². The Kier molecular flexibility index (Phi) is 8.38. The van der Waals surface area contributed by atoms with Crippen LogP contribution in [0.2, 0.25) is 0 Å². The Morgan fingerprint density at radius 1 is 1.19 bits per heavy atom. The number of nitrogens with one attached hydrogen (secondary N) is 1. The molecule has 37 heavy (non-hydrogen) atoms. The maximum atomic E-state index is 13.4. The van der Waals surface area contributed by atoms with Crippen LogP contribution in [0.15, 0.2) is 35.5 Å². The lowest BCUT2D eigenvalue weighted by Crippen LogP contribution is -2.35. The van der Waals surface area contributed by atoms with E-state index in [1.165, 1.54) is 0 Å². The number of nitrogens with zero attached hydrogens (tertiary/aromatic N) is 4. The molecule has 0 spiro atoms. The van der Waals surface area contributed by atoms with Gasteiger partial charge < -0.3 is 24.4 Å². The van der Waals surface area contributed by atoms with Crippen molar-refractivity contribution in [3.8, 4) is 22.9 Å². The molecular weight excluding hydrogens is 474 g/mol. The second-order valence-corrected chi connectivity index (χ2v) is 10.0. The summed E-state index contributed by atoms with van der Waals surface area (Å²) in [6, 6.07) is 7.22. The Morgan fingerprint density at radius 3 is 2.70 bits per heavy atom. The summed E-state index contributed by atoms with van der Waals surface area (Å²) in [5, 5.41) is 3.31. The predicted octanol–water partition coefficient (Wildman–Crippen LogP) is 3.90. The Hall–Kier alpha value is -3.53. The highest BCUT2D eigenvalue weighted by Crippen LogP contribution is 2.30. The van der Waals surface area contributed by atoms with Crippen LogP contribution in [0.3, 0.4) is 0 Å². The van der Waals surface area contributed by atoms with Gasteiger partial charge in [0.05, 0.1) is 24.4 Å². The fraction of sp³-hybridized carbons (Fsp3) is 0.519. The Labute approximate surface area is 217 Å². The lowest BCUT2D eigenvalue weighted by atomic mass is 10.1. The zero-order valence-corrected chi connectivity index (χ0v) is 22.0. The Balaban J connectivity index is 1.61. The first-order valence-corrected chi connectivity index (χ1v) is 12.8. The average Bonchev–Trinajstić information content (AvgIpc) is 3.33. The van der Waals surface area contributed by atoms with E-state index in [0.717, 1.165) is 25.9 Å². The van der Waals surface area contributed by atoms with Crippen molar-refractivity contribution in [2.75, 3.05) is 32.8 Å². The van der Waals surface area contributed by atoms with Crippen molar-refractivity contribution in [3.05, 3.63) is 36.2 Å². The number of aliphatic imine (C=N–C) groups is 1. The predicted molar refractivity (Wildman–Crippen MR) is 139 cm³/mol. The number of ether oxygens (including phenoxy) is 3. The highest BCUT2D eigenvalue weighted by atomic mass is 16.6. The molecule has 10 heteroatoms. The van der Waals surface area contributed by atoms with Crippen molar-refractivity contribution in [1.82, 2.24) is 20.2 Å². The molecule has 0 aliphatic carbocycles. The molecule has 0 bridgehead atoms. The molecule has 0 atom stereocenters.